The normalized spacial score (nSPS) is 15.1. The molecule has 6 heteroatoms. The molecule has 0 bridgehead atoms. The summed E-state index contributed by atoms with van der Waals surface area (Å²) in [5.41, 5.74) is 3.38. The van der Waals surface area contributed by atoms with E-state index >= 15 is 0 Å². The molecule has 1 unspecified atom stereocenters. The summed E-state index contributed by atoms with van der Waals surface area (Å²) in [6.45, 7) is 3.98. The lowest BCUT2D eigenvalue weighted by Crippen LogP contribution is -2.33. The quantitative estimate of drug-likeness (QED) is 0.840. The van der Waals surface area contributed by atoms with Gasteiger partial charge in [0.15, 0.2) is 6.10 Å². The van der Waals surface area contributed by atoms with Crippen LogP contribution in [-0.4, -0.2) is 24.6 Å². The maximum absolute atomic E-state index is 12.6. The number of ether oxygens (including phenoxy) is 2. The molecule has 0 saturated carbocycles. The van der Waals surface area contributed by atoms with Crippen molar-refractivity contribution in [3.8, 4) is 11.8 Å². The largest absolute Gasteiger partial charge is 0.476 e. The van der Waals surface area contributed by atoms with Gasteiger partial charge in [-0.05, 0) is 68.1 Å². The number of nitriles is 1. The lowest BCUT2D eigenvalue weighted by molar-refractivity contribution is -0.152. The molecule has 2 aromatic carbocycles. The fourth-order valence-corrected chi connectivity index (χ4v) is 3.05. The molecule has 2 aromatic rings. The highest BCUT2D eigenvalue weighted by atomic mass is 16.6. The van der Waals surface area contributed by atoms with Gasteiger partial charge in [0.2, 0.25) is 0 Å². The van der Waals surface area contributed by atoms with Crippen molar-refractivity contribution >= 4 is 17.6 Å². The number of anilines is 1. The maximum Gasteiger partial charge on any atom is 0.347 e. The van der Waals surface area contributed by atoms with Crippen LogP contribution >= 0.6 is 0 Å². The van der Waals surface area contributed by atoms with Gasteiger partial charge in [-0.25, -0.2) is 4.79 Å². The van der Waals surface area contributed by atoms with E-state index in [2.05, 4.69) is 5.32 Å². The number of hydrogen-bond acceptors (Lipinski definition) is 5. The molecule has 1 N–H and O–H groups in total. The second-order valence-electron chi connectivity index (χ2n) is 6.34. The fourth-order valence-electron chi connectivity index (χ4n) is 3.05. The topological polar surface area (TPSA) is 88.4 Å². The summed E-state index contributed by atoms with van der Waals surface area (Å²) in [7, 11) is 0. The second-order valence-corrected chi connectivity index (χ2v) is 6.34. The van der Waals surface area contributed by atoms with Gasteiger partial charge in [-0.15, -0.1) is 0 Å². The molecule has 1 atom stereocenters. The Labute approximate surface area is 157 Å². The van der Waals surface area contributed by atoms with E-state index in [1.54, 1.807) is 31.2 Å². The van der Waals surface area contributed by atoms with Gasteiger partial charge in [0.1, 0.15) is 5.75 Å². The van der Waals surface area contributed by atoms with Crippen LogP contribution < -0.4 is 10.1 Å². The molecular formula is C21H20N2O4. The summed E-state index contributed by atoms with van der Waals surface area (Å²) in [6, 6.07) is 12.2. The van der Waals surface area contributed by atoms with Gasteiger partial charge in [0.25, 0.3) is 5.91 Å². The van der Waals surface area contributed by atoms with E-state index in [1.807, 2.05) is 25.1 Å². The zero-order chi connectivity index (χ0) is 19.4. The zero-order valence-corrected chi connectivity index (χ0v) is 15.2. The molecule has 0 aromatic heterocycles. The highest BCUT2D eigenvalue weighted by molar-refractivity contribution is 6.05. The van der Waals surface area contributed by atoms with Crippen LogP contribution in [-0.2, 0) is 16.0 Å². The van der Waals surface area contributed by atoms with Gasteiger partial charge in [-0.2, -0.15) is 5.26 Å². The van der Waals surface area contributed by atoms with E-state index in [9.17, 15) is 9.59 Å². The number of hydrogen-bond donors (Lipinski definition) is 1. The van der Waals surface area contributed by atoms with Crippen LogP contribution in [0.1, 0.15) is 40.4 Å². The molecule has 1 aliphatic rings. The maximum atomic E-state index is 12.6. The number of fused-ring (bicyclic) bond motifs is 1. The highest BCUT2D eigenvalue weighted by Crippen LogP contribution is 2.36. The number of amides is 1. The van der Waals surface area contributed by atoms with Gasteiger partial charge in [-0.3, -0.25) is 4.79 Å². The summed E-state index contributed by atoms with van der Waals surface area (Å²) >= 11 is 0. The molecule has 0 spiro atoms. The number of carbonyl (C=O) groups excluding carboxylic acids is 2. The molecule has 6 nitrogen and oxygen atoms in total. The molecule has 1 heterocycles. The van der Waals surface area contributed by atoms with Crippen LogP contribution in [0.4, 0.5) is 5.69 Å². The zero-order valence-electron chi connectivity index (χ0n) is 15.2. The van der Waals surface area contributed by atoms with Gasteiger partial charge in [0.05, 0.1) is 23.9 Å². The minimum atomic E-state index is -0.675. The minimum absolute atomic E-state index is 0.293. The van der Waals surface area contributed by atoms with Crippen molar-refractivity contribution in [1.82, 2.24) is 0 Å². The van der Waals surface area contributed by atoms with E-state index in [4.69, 9.17) is 14.7 Å². The number of nitrogens with zero attached hydrogens (tertiary/aromatic N) is 1. The molecule has 0 saturated heterocycles. The van der Waals surface area contributed by atoms with Crippen molar-refractivity contribution < 1.29 is 19.1 Å². The molecule has 3 rings (SSSR count). The lowest BCUT2D eigenvalue weighted by atomic mass is 9.99. The van der Waals surface area contributed by atoms with Crippen LogP contribution in [0, 0.1) is 18.3 Å². The standard InChI is InChI=1S/C21H20N2O4/c1-3-26-21(25)18-9-8-16-10-13(2)11-17(19(16)27-18)23-20(24)15-6-4-14(12-22)5-7-15/h4-7,10-11,18H,3,8-9H2,1-2H3,(H,23,24). The monoisotopic (exact) mass is 364 g/mol. The average Bonchev–Trinajstić information content (AvgIpc) is 2.67. The molecule has 27 heavy (non-hydrogen) atoms. The van der Waals surface area contributed by atoms with Crippen molar-refractivity contribution in [3.05, 3.63) is 58.7 Å². The van der Waals surface area contributed by atoms with Crippen molar-refractivity contribution in [3.63, 3.8) is 0 Å². The summed E-state index contributed by atoms with van der Waals surface area (Å²) in [5, 5.41) is 11.7. The highest BCUT2D eigenvalue weighted by Gasteiger charge is 2.29. The van der Waals surface area contributed by atoms with Crippen LogP contribution in [0.25, 0.3) is 0 Å². The van der Waals surface area contributed by atoms with E-state index in [-0.39, 0.29) is 5.91 Å². The Kier molecular flexibility index (Phi) is 5.41. The first-order valence-corrected chi connectivity index (χ1v) is 8.80. The molecule has 0 radical (unpaired) electrons. The Hall–Kier alpha value is -3.33. The predicted octanol–water partition coefficient (Wildman–Crippen LogP) is 3.38. The summed E-state index contributed by atoms with van der Waals surface area (Å²) < 4.78 is 10.9. The first-order valence-electron chi connectivity index (χ1n) is 8.80. The van der Waals surface area contributed by atoms with Gasteiger partial charge < -0.3 is 14.8 Å². The Morgan fingerprint density at radius 1 is 1.30 bits per heavy atom. The number of esters is 1. The molecule has 1 aliphatic heterocycles. The lowest BCUT2D eigenvalue weighted by Gasteiger charge is -2.27. The number of benzene rings is 2. The Bertz CT molecular complexity index is 913. The number of rotatable bonds is 4. The third-order valence-electron chi connectivity index (χ3n) is 4.32. The van der Waals surface area contributed by atoms with Crippen molar-refractivity contribution in [1.29, 1.82) is 5.26 Å². The van der Waals surface area contributed by atoms with Crippen molar-refractivity contribution in [2.24, 2.45) is 0 Å². The first kappa shape index (κ1) is 18.5. The molecule has 1 amide bonds. The predicted molar refractivity (Wildman–Crippen MR) is 99.7 cm³/mol. The molecular weight excluding hydrogens is 344 g/mol. The SMILES string of the molecule is CCOC(=O)C1CCc2cc(C)cc(NC(=O)c3ccc(C#N)cc3)c2O1. The van der Waals surface area contributed by atoms with Crippen LogP contribution in [0.2, 0.25) is 0 Å². The van der Waals surface area contributed by atoms with E-state index < -0.39 is 12.1 Å². The summed E-state index contributed by atoms with van der Waals surface area (Å²) in [6.07, 6.45) is 0.532. The Morgan fingerprint density at radius 2 is 2.04 bits per heavy atom. The molecule has 138 valence electrons. The third-order valence-corrected chi connectivity index (χ3v) is 4.32. The average molecular weight is 364 g/mol. The van der Waals surface area contributed by atoms with E-state index in [0.717, 1.165) is 11.1 Å². The molecule has 0 fully saturated rings. The summed E-state index contributed by atoms with van der Waals surface area (Å²) in [4.78, 5) is 24.6. The van der Waals surface area contributed by atoms with E-state index in [0.29, 0.717) is 42.0 Å². The number of nitrogens with one attached hydrogen (secondary N) is 1. The number of carbonyl (C=O) groups is 2. The van der Waals surface area contributed by atoms with Crippen LogP contribution in [0.5, 0.6) is 5.75 Å². The second kappa shape index (κ2) is 7.92. The molecule has 0 aliphatic carbocycles. The summed E-state index contributed by atoms with van der Waals surface area (Å²) in [5.74, 6) is -0.200. The van der Waals surface area contributed by atoms with Crippen molar-refractivity contribution in [2.45, 2.75) is 32.8 Å². The van der Waals surface area contributed by atoms with Crippen LogP contribution in [0.3, 0.4) is 0 Å². The Balaban J connectivity index is 1.85. The van der Waals surface area contributed by atoms with Crippen LogP contribution in [0.15, 0.2) is 36.4 Å². The fraction of sp³-hybridized carbons (Fsp3) is 0.286. The third kappa shape index (κ3) is 4.09. The minimum Gasteiger partial charge on any atom is -0.476 e. The number of aryl methyl sites for hydroxylation is 2. The first-order chi connectivity index (χ1) is 13.0. The van der Waals surface area contributed by atoms with Gasteiger partial charge in [0, 0.05) is 5.56 Å². The Morgan fingerprint density at radius 3 is 2.70 bits per heavy atom. The smallest absolute Gasteiger partial charge is 0.347 e. The van der Waals surface area contributed by atoms with Crippen molar-refractivity contribution in [2.75, 3.05) is 11.9 Å². The van der Waals surface area contributed by atoms with Gasteiger partial charge in [-0.1, -0.05) is 6.07 Å². The van der Waals surface area contributed by atoms with Gasteiger partial charge >= 0.3 is 5.97 Å². The van der Waals surface area contributed by atoms with E-state index in [1.165, 1.54) is 0 Å².